The molecule has 2 atom stereocenters. The van der Waals surface area contributed by atoms with Crippen LogP contribution in [0.2, 0.25) is 0 Å². The Bertz CT molecular complexity index is 1870. The van der Waals surface area contributed by atoms with Crippen molar-refractivity contribution in [3.63, 3.8) is 0 Å². The lowest BCUT2D eigenvalue weighted by Crippen LogP contribution is -2.54. The first-order valence-corrected chi connectivity index (χ1v) is 15.7. The average Bonchev–Trinajstić information content (AvgIpc) is 3.52. The molecule has 4 heterocycles. The van der Waals surface area contributed by atoms with Crippen molar-refractivity contribution >= 4 is 47.4 Å². The molecule has 5 amide bonds. The quantitative estimate of drug-likeness (QED) is 0.156. The van der Waals surface area contributed by atoms with Crippen LogP contribution in [-0.4, -0.2) is 87.6 Å². The van der Waals surface area contributed by atoms with Crippen molar-refractivity contribution in [2.45, 2.75) is 57.5 Å². The highest BCUT2D eigenvalue weighted by molar-refractivity contribution is 6.25. The van der Waals surface area contributed by atoms with E-state index in [0.717, 1.165) is 23.3 Å². The fraction of sp³-hybridized carbons (Fsp3) is 0.364. The SMILES string of the molecule is COC(=O)C[C@@H]1N=Cc2ccc(C(=O)NCCCCCNc3cccc4c3C(=O)N(C3CCC(=O)NC3=O)C4=O)cc2-n2c(C)nnc21. The predicted molar refractivity (Wildman–Crippen MR) is 171 cm³/mol. The van der Waals surface area contributed by atoms with Gasteiger partial charge in [0, 0.05) is 42.5 Å². The Morgan fingerprint density at radius 1 is 1.02 bits per heavy atom. The number of esters is 1. The van der Waals surface area contributed by atoms with Gasteiger partial charge in [0.05, 0.1) is 30.3 Å². The molecule has 48 heavy (non-hydrogen) atoms. The first kappa shape index (κ1) is 32.2. The summed E-state index contributed by atoms with van der Waals surface area (Å²) in [5.41, 5.74) is 2.85. The molecule has 1 unspecified atom stereocenters. The maximum atomic E-state index is 13.3. The van der Waals surface area contributed by atoms with Gasteiger partial charge in [-0.1, -0.05) is 12.1 Å². The van der Waals surface area contributed by atoms with Crippen LogP contribution in [0.1, 0.15) is 92.9 Å². The number of carbonyl (C=O) groups is 6. The lowest BCUT2D eigenvalue weighted by atomic mass is 10.0. The Morgan fingerprint density at radius 3 is 2.62 bits per heavy atom. The number of hydrogen-bond donors (Lipinski definition) is 3. The number of anilines is 1. The molecule has 2 aromatic carbocycles. The minimum absolute atomic E-state index is 0.0104. The molecule has 0 spiro atoms. The number of piperidine rings is 1. The molecule has 3 aliphatic rings. The number of imide groups is 2. The Hall–Kier alpha value is -5.73. The largest absolute Gasteiger partial charge is 0.469 e. The molecule has 3 aromatic rings. The highest BCUT2D eigenvalue weighted by atomic mass is 16.5. The molecule has 0 radical (unpaired) electrons. The number of amides is 5. The topological polar surface area (TPSA) is 194 Å². The van der Waals surface area contributed by atoms with E-state index in [1.807, 2.05) is 0 Å². The molecule has 0 aliphatic carbocycles. The van der Waals surface area contributed by atoms with Crippen LogP contribution in [0.5, 0.6) is 0 Å². The van der Waals surface area contributed by atoms with Crippen molar-refractivity contribution in [2.24, 2.45) is 4.99 Å². The molecular weight excluding hydrogens is 620 g/mol. The average molecular weight is 655 g/mol. The third kappa shape index (κ3) is 6.18. The molecule has 1 aromatic heterocycles. The minimum atomic E-state index is -1.02. The normalized spacial score (nSPS) is 18.1. The fourth-order valence-electron chi connectivity index (χ4n) is 6.12. The molecule has 3 aliphatic heterocycles. The summed E-state index contributed by atoms with van der Waals surface area (Å²) < 4.78 is 6.62. The number of hydrogen-bond acceptors (Lipinski definition) is 11. The van der Waals surface area contributed by atoms with Crippen molar-refractivity contribution in [3.8, 4) is 5.69 Å². The highest BCUT2D eigenvalue weighted by Crippen LogP contribution is 2.33. The summed E-state index contributed by atoms with van der Waals surface area (Å²) >= 11 is 0. The molecule has 0 bridgehead atoms. The van der Waals surface area contributed by atoms with Crippen molar-refractivity contribution < 1.29 is 33.5 Å². The summed E-state index contributed by atoms with van der Waals surface area (Å²) in [6.45, 7) is 2.76. The fourth-order valence-corrected chi connectivity index (χ4v) is 6.12. The van der Waals surface area contributed by atoms with Gasteiger partial charge < -0.3 is 15.4 Å². The second-order valence-electron chi connectivity index (χ2n) is 11.7. The van der Waals surface area contributed by atoms with Gasteiger partial charge in [0.15, 0.2) is 5.82 Å². The summed E-state index contributed by atoms with van der Waals surface area (Å²) in [5.74, 6) is -1.75. The first-order chi connectivity index (χ1) is 23.2. The van der Waals surface area contributed by atoms with Crippen LogP contribution in [0.15, 0.2) is 41.4 Å². The standard InChI is InChI=1S/C33H34N8O7/c1-18-38-39-29-23(16-27(43)48-2)36-17-20-10-9-19(15-25(20)40(18)29)30(44)35-14-5-3-4-13-34-22-8-6-7-21-28(22)33(47)41(32(21)46)24-11-12-26(42)37-31(24)45/h6-10,15,17,23-24,34H,3-5,11-14,16H2,1-2H3,(H,35,44)(H,37,42,45)/t23-,24?/m0/s1. The van der Waals surface area contributed by atoms with E-state index < -0.39 is 41.7 Å². The van der Waals surface area contributed by atoms with E-state index in [0.29, 0.717) is 48.1 Å². The van der Waals surface area contributed by atoms with Crippen molar-refractivity contribution in [3.05, 3.63) is 70.3 Å². The van der Waals surface area contributed by atoms with Crippen molar-refractivity contribution in [1.29, 1.82) is 0 Å². The van der Waals surface area contributed by atoms with Crippen molar-refractivity contribution in [1.82, 2.24) is 30.3 Å². The number of methoxy groups -OCH3 is 1. The van der Waals surface area contributed by atoms with Gasteiger partial charge in [0.1, 0.15) is 17.9 Å². The van der Waals surface area contributed by atoms with Gasteiger partial charge in [-0.25, -0.2) is 0 Å². The number of unbranched alkanes of at least 4 members (excludes halogenated alkanes) is 2. The first-order valence-electron chi connectivity index (χ1n) is 15.7. The van der Waals surface area contributed by atoms with E-state index in [9.17, 15) is 28.8 Å². The van der Waals surface area contributed by atoms with Crippen LogP contribution in [0.25, 0.3) is 5.69 Å². The number of nitrogens with zero attached hydrogens (tertiary/aromatic N) is 5. The monoisotopic (exact) mass is 654 g/mol. The highest BCUT2D eigenvalue weighted by Gasteiger charge is 2.45. The zero-order chi connectivity index (χ0) is 33.9. The van der Waals surface area contributed by atoms with Gasteiger partial charge >= 0.3 is 5.97 Å². The van der Waals surface area contributed by atoms with E-state index in [-0.39, 0.29) is 36.3 Å². The van der Waals surface area contributed by atoms with Gasteiger partial charge in [-0.15, -0.1) is 10.2 Å². The third-order valence-electron chi connectivity index (χ3n) is 8.59. The van der Waals surface area contributed by atoms with Crippen LogP contribution in [0.4, 0.5) is 5.69 Å². The van der Waals surface area contributed by atoms with E-state index in [4.69, 9.17) is 4.74 Å². The smallest absolute Gasteiger partial charge is 0.308 e. The predicted octanol–water partition coefficient (Wildman–Crippen LogP) is 2.03. The lowest BCUT2D eigenvalue weighted by molar-refractivity contribution is -0.141. The second-order valence-corrected chi connectivity index (χ2v) is 11.7. The van der Waals surface area contributed by atoms with Gasteiger partial charge in [-0.2, -0.15) is 0 Å². The van der Waals surface area contributed by atoms with Gasteiger partial charge in [0.25, 0.3) is 17.7 Å². The maximum absolute atomic E-state index is 13.3. The van der Waals surface area contributed by atoms with Crippen LogP contribution in [0.3, 0.4) is 0 Å². The Morgan fingerprint density at radius 2 is 1.83 bits per heavy atom. The van der Waals surface area contributed by atoms with Gasteiger partial charge in [-0.05, 0) is 56.9 Å². The molecule has 0 saturated carbocycles. The van der Waals surface area contributed by atoms with E-state index >= 15 is 0 Å². The summed E-state index contributed by atoms with van der Waals surface area (Å²) in [5, 5.41) is 16.8. The maximum Gasteiger partial charge on any atom is 0.308 e. The van der Waals surface area contributed by atoms with Crippen LogP contribution < -0.4 is 16.0 Å². The third-order valence-corrected chi connectivity index (χ3v) is 8.59. The number of nitrogens with one attached hydrogen (secondary N) is 3. The van der Waals surface area contributed by atoms with Crippen LogP contribution >= 0.6 is 0 Å². The number of aliphatic imine (C=N–C) groups is 1. The number of carbonyl (C=O) groups excluding carboxylic acids is 6. The van der Waals surface area contributed by atoms with E-state index in [1.54, 1.807) is 54.1 Å². The number of ether oxygens (including phenoxy) is 1. The number of aryl methyl sites for hydroxylation is 1. The van der Waals surface area contributed by atoms with E-state index in [1.165, 1.54) is 7.11 Å². The van der Waals surface area contributed by atoms with Crippen LogP contribution in [-0.2, 0) is 19.1 Å². The van der Waals surface area contributed by atoms with Gasteiger partial charge in [-0.3, -0.25) is 48.5 Å². The van der Waals surface area contributed by atoms with Gasteiger partial charge in [0.2, 0.25) is 11.8 Å². The lowest BCUT2D eigenvalue weighted by Gasteiger charge is -2.27. The summed E-state index contributed by atoms with van der Waals surface area (Å²) in [4.78, 5) is 80.7. The molecular formula is C33H34N8O7. The summed E-state index contributed by atoms with van der Waals surface area (Å²) in [6, 6.07) is 8.63. The number of fused-ring (bicyclic) bond motifs is 4. The zero-order valence-corrected chi connectivity index (χ0v) is 26.4. The Balaban J connectivity index is 1.00. The molecule has 248 valence electrons. The molecule has 6 rings (SSSR count). The molecule has 3 N–H and O–H groups in total. The Kier molecular flexibility index (Phi) is 9.10. The molecule has 15 nitrogen and oxygen atoms in total. The molecule has 15 heteroatoms. The number of aromatic nitrogens is 3. The zero-order valence-electron chi connectivity index (χ0n) is 26.4. The Labute approximate surface area is 275 Å². The number of rotatable bonds is 11. The summed E-state index contributed by atoms with van der Waals surface area (Å²) in [6.07, 6.45) is 4.06. The minimum Gasteiger partial charge on any atom is -0.469 e. The number of benzene rings is 2. The van der Waals surface area contributed by atoms with Crippen LogP contribution in [0, 0.1) is 6.92 Å². The van der Waals surface area contributed by atoms with Crippen molar-refractivity contribution in [2.75, 3.05) is 25.5 Å². The molecule has 1 fully saturated rings. The van der Waals surface area contributed by atoms with E-state index in [2.05, 4.69) is 31.1 Å². The summed E-state index contributed by atoms with van der Waals surface area (Å²) in [7, 11) is 1.32. The second kappa shape index (κ2) is 13.6. The molecule has 1 saturated heterocycles.